The van der Waals surface area contributed by atoms with Gasteiger partial charge in [0.05, 0.1) is 4.90 Å². The molecule has 0 saturated carbocycles. The molecule has 4 aromatic rings. The molecular weight excluding hydrogens is 430 g/mol. The van der Waals surface area contributed by atoms with Crippen molar-refractivity contribution in [2.75, 3.05) is 0 Å². The number of pyridine rings is 1. The quantitative estimate of drug-likeness (QED) is 0.373. The largest absolute Gasteiger partial charge is 0.309 e. The van der Waals surface area contributed by atoms with Gasteiger partial charge in [0.2, 0.25) is 10.0 Å². The van der Waals surface area contributed by atoms with Crippen LogP contribution in [0.4, 0.5) is 0 Å². The summed E-state index contributed by atoms with van der Waals surface area (Å²) < 4.78 is 28.6. The molecule has 0 radical (unpaired) electrons. The van der Waals surface area contributed by atoms with Crippen molar-refractivity contribution in [3.8, 4) is 0 Å². The number of hydrogen-bond acceptors (Lipinski definition) is 4. The van der Waals surface area contributed by atoms with Crippen LogP contribution < -0.4 is 5.32 Å². The first-order valence-corrected chi connectivity index (χ1v) is 12.3. The van der Waals surface area contributed by atoms with E-state index in [1.807, 2.05) is 84.9 Å². The van der Waals surface area contributed by atoms with Gasteiger partial charge in [-0.15, -0.1) is 0 Å². The second-order valence-corrected chi connectivity index (χ2v) is 9.79. The lowest BCUT2D eigenvalue weighted by Crippen LogP contribution is -2.30. The molecule has 0 unspecified atom stereocenters. The number of nitrogens with one attached hydrogen (secondary N) is 1. The predicted octanol–water partition coefficient (Wildman–Crippen LogP) is 4.76. The van der Waals surface area contributed by atoms with Crippen molar-refractivity contribution in [1.82, 2.24) is 14.6 Å². The first-order chi connectivity index (χ1) is 16.1. The Morgan fingerprint density at radius 3 is 1.61 bits per heavy atom. The molecule has 4 rings (SSSR count). The van der Waals surface area contributed by atoms with Crippen LogP contribution in [0.25, 0.3) is 0 Å². The van der Waals surface area contributed by atoms with Crippen LogP contribution in [0.3, 0.4) is 0 Å². The van der Waals surface area contributed by atoms with E-state index >= 15 is 0 Å². The van der Waals surface area contributed by atoms with E-state index in [9.17, 15) is 8.42 Å². The molecule has 1 heterocycles. The molecule has 0 spiro atoms. The highest BCUT2D eigenvalue weighted by atomic mass is 32.2. The molecule has 1 N–H and O–H groups in total. The maximum atomic E-state index is 13.6. The number of benzene rings is 3. The summed E-state index contributed by atoms with van der Waals surface area (Å²) in [6.07, 6.45) is 3.54. The Morgan fingerprint density at radius 2 is 1.09 bits per heavy atom. The molecule has 0 aliphatic carbocycles. The second-order valence-electron chi connectivity index (χ2n) is 7.85. The molecule has 0 aliphatic heterocycles. The van der Waals surface area contributed by atoms with Gasteiger partial charge in [-0.25, -0.2) is 8.42 Å². The molecule has 33 heavy (non-hydrogen) atoms. The smallest absolute Gasteiger partial charge is 0.243 e. The standard InChI is InChI=1S/C27H27N3O2S/c31-33(32,27-13-11-23(12-14-27)19-29-20-24-15-17-28-18-16-24)30(21-25-7-3-1-4-8-25)22-26-9-5-2-6-10-26/h1-18,29H,19-22H2. The van der Waals surface area contributed by atoms with E-state index in [1.165, 1.54) is 4.31 Å². The minimum Gasteiger partial charge on any atom is -0.309 e. The molecule has 0 atom stereocenters. The first-order valence-electron chi connectivity index (χ1n) is 10.9. The molecular formula is C27H27N3O2S. The summed E-state index contributed by atoms with van der Waals surface area (Å²) in [5, 5.41) is 3.38. The number of rotatable bonds is 10. The summed E-state index contributed by atoms with van der Waals surface area (Å²) in [7, 11) is -3.67. The summed E-state index contributed by atoms with van der Waals surface area (Å²) in [5.74, 6) is 0. The van der Waals surface area contributed by atoms with Crippen LogP contribution in [0.15, 0.2) is 114 Å². The summed E-state index contributed by atoms with van der Waals surface area (Å²) in [4.78, 5) is 4.32. The number of aromatic nitrogens is 1. The lowest BCUT2D eigenvalue weighted by atomic mass is 10.2. The maximum absolute atomic E-state index is 13.6. The average molecular weight is 458 g/mol. The van der Waals surface area contributed by atoms with Crippen molar-refractivity contribution in [1.29, 1.82) is 0 Å². The zero-order valence-electron chi connectivity index (χ0n) is 18.3. The van der Waals surface area contributed by atoms with Crippen LogP contribution in [0.1, 0.15) is 22.3 Å². The first kappa shape index (κ1) is 22.9. The Labute approximate surface area is 195 Å². The van der Waals surface area contributed by atoms with E-state index in [0.29, 0.717) is 24.5 Å². The monoisotopic (exact) mass is 457 g/mol. The normalized spacial score (nSPS) is 11.5. The topological polar surface area (TPSA) is 62.3 Å². The number of nitrogens with zero attached hydrogens (tertiary/aromatic N) is 2. The van der Waals surface area contributed by atoms with Crippen molar-refractivity contribution in [3.05, 3.63) is 132 Å². The van der Waals surface area contributed by atoms with E-state index in [-0.39, 0.29) is 0 Å². The number of hydrogen-bond donors (Lipinski definition) is 1. The molecule has 1 aromatic heterocycles. The molecule has 0 bridgehead atoms. The molecule has 168 valence electrons. The third kappa shape index (κ3) is 6.35. The summed E-state index contributed by atoms with van der Waals surface area (Å²) in [5.41, 5.74) is 4.09. The zero-order chi connectivity index (χ0) is 22.9. The van der Waals surface area contributed by atoms with Crippen LogP contribution in [0.2, 0.25) is 0 Å². The SMILES string of the molecule is O=S(=O)(c1ccc(CNCc2ccncc2)cc1)N(Cc1ccccc1)Cc1ccccc1. The molecule has 5 nitrogen and oxygen atoms in total. The van der Waals surface area contributed by atoms with E-state index in [0.717, 1.165) is 28.8 Å². The van der Waals surface area contributed by atoms with Gasteiger partial charge in [-0.05, 0) is 46.5 Å². The Bertz CT molecular complexity index is 1190. The van der Waals surface area contributed by atoms with Gasteiger partial charge in [0.15, 0.2) is 0 Å². The van der Waals surface area contributed by atoms with E-state index in [2.05, 4.69) is 10.3 Å². The summed E-state index contributed by atoms with van der Waals surface area (Å²) >= 11 is 0. The van der Waals surface area contributed by atoms with Gasteiger partial charge in [0, 0.05) is 38.6 Å². The van der Waals surface area contributed by atoms with Crippen LogP contribution in [-0.4, -0.2) is 17.7 Å². The van der Waals surface area contributed by atoms with Gasteiger partial charge in [-0.2, -0.15) is 4.31 Å². The Kier molecular flexibility index (Phi) is 7.62. The van der Waals surface area contributed by atoms with Crippen molar-refractivity contribution in [2.24, 2.45) is 0 Å². The van der Waals surface area contributed by atoms with Crippen molar-refractivity contribution in [2.45, 2.75) is 31.1 Å². The summed E-state index contributed by atoms with van der Waals surface area (Å²) in [6, 6.07) is 30.4. The Balaban J connectivity index is 1.48. The van der Waals surface area contributed by atoms with Crippen LogP contribution in [0, 0.1) is 0 Å². The number of sulfonamides is 1. The zero-order valence-corrected chi connectivity index (χ0v) is 19.2. The molecule has 3 aromatic carbocycles. The van der Waals surface area contributed by atoms with Crippen molar-refractivity contribution in [3.63, 3.8) is 0 Å². The van der Waals surface area contributed by atoms with Gasteiger partial charge < -0.3 is 5.32 Å². The molecule has 0 aliphatic rings. The van der Waals surface area contributed by atoms with Gasteiger partial charge in [-0.3, -0.25) is 4.98 Å². The van der Waals surface area contributed by atoms with Crippen LogP contribution >= 0.6 is 0 Å². The molecule has 0 amide bonds. The minimum atomic E-state index is -3.67. The van der Waals surface area contributed by atoms with Crippen molar-refractivity contribution >= 4 is 10.0 Å². The Hall–Kier alpha value is -3.32. The Morgan fingerprint density at radius 1 is 0.606 bits per heavy atom. The van der Waals surface area contributed by atoms with E-state index in [1.54, 1.807) is 24.5 Å². The van der Waals surface area contributed by atoms with Crippen LogP contribution in [-0.2, 0) is 36.2 Å². The third-order valence-corrected chi connectivity index (χ3v) is 7.18. The second kappa shape index (κ2) is 11.0. The minimum absolute atomic E-state index is 0.298. The third-order valence-electron chi connectivity index (χ3n) is 5.37. The fraction of sp³-hybridized carbons (Fsp3) is 0.148. The fourth-order valence-corrected chi connectivity index (χ4v) is 5.00. The van der Waals surface area contributed by atoms with E-state index in [4.69, 9.17) is 0 Å². The van der Waals surface area contributed by atoms with Gasteiger partial charge in [0.25, 0.3) is 0 Å². The average Bonchev–Trinajstić information content (AvgIpc) is 2.86. The highest BCUT2D eigenvalue weighted by Gasteiger charge is 2.25. The van der Waals surface area contributed by atoms with Crippen molar-refractivity contribution < 1.29 is 8.42 Å². The molecule has 6 heteroatoms. The lowest BCUT2D eigenvalue weighted by molar-refractivity contribution is 0.401. The fourth-order valence-electron chi connectivity index (χ4n) is 3.58. The maximum Gasteiger partial charge on any atom is 0.243 e. The lowest BCUT2D eigenvalue weighted by Gasteiger charge is -2.23. The predicted molar refractivity (Wildman–Crippen MR) is 131 cm³/mol. The highest BCUT2D eigenvalue weighted by molar-refractivity contribution is 7.89. The van der Waals surface area contributed by atoms with Gasteiger partial charge >= 0.3 is 0 Å². The molecule has 0 fully saturated rings. The summed E-state index contributed by atoms with van der Waals surface area (Å²) in [6.45, 7) is 2.01. The van der Waals surface area contributed by atoms with Gasteiger partial charge in [-0.1, -0.05) is 72.8 Å². The van der Waals surface area contributed by atoms with E-state index < -0.39 is 10.0 Å². The van der Waals surface area contributed by atoms with Gasteiger partial charge in [0.1, 0.15) is 0 Å². The molecule has 0 saturated heterocycles. The van der Waals surface area contributed by atoms with Crippen LogP contribution in [0.5, 0.6) is 0 Å². The highest BCUT2D eigenvalue weighted by Crippen LogP contribution is 2.22.